The van der Waals surface area contributed by atoms with Gasteiger partial charge in [-0.15, -0.1) is 0 Å². The molecule has 2 rings (SSSR count). The maximum absolute atomic E-state index is 14.3. The van der Waals surface area contributed by atoms with Gasteiger partial charge in [0, 0.05) is 24.2 Å². The fourth-order valence-corrected chi connectivity index (χ4v) is 2.88. The van der Waals surface area contributed by atoms with Gasteiger partial charge in [-0.3, -0.25) is 16.2 Å². The molecule has 1 heterocycles. The molecule has 21 heavy (non-hydrogen) atoms. The average molecular weight is 299 g/mol. The van der Waals surface area contributed by atoms with Gasteiger partial charge in [0.25, 0.3) is 0 Å². The first-order valence-corrected chi connectivity index (χ1v) is 7.13. The minimum atomic E-state index is -0.834. The zero-order chi connectivity index (χ0) is 15.6. The highest BCUT2D eigenvalue weighted by atomic mass is 19.2. The topological polar surface area (TPSA) is 50.5 Å². The van der Waals surface area contributed by atoms with E-state index in [-0.39, 0.29) is 11.1 Å². The zero-order valence-electron chi connectivity index (χ0n) is 12.7. The van der Waals surface area contributed by atoms with Gasteiger partial charge in [-0.1, -0.05) is 12.1 Å². The van der Waals surface area contributed by atoms with E-state index < -0.39 is 23.2 Å². The molecule has 4 nitrogen and oxygen atoms in total. The van der Waals surface area contributed by atoms with Gasteiger partial charge in [0.1, 0.15) is 0 Å². The van der Waals surface area contributed by atoms with E-state index in [1.807, 2.05) is 13.8 Å². The monoisotopic (exact) mass is 299 g/mol. The van der Waals surface area contributed by atoms with E-state index in [0.717, 1.165) is 13.1 Å². The molecule has 1 saturated heterocycles. The molecular weight excluding hydrogens is 276 g/mol. The first-order valence-electron chi connectivity index (χ1n) is 7.13. The smallest absolute Gasteiger partial charge is 0.163 e. The van der Waals surface area contributed by atoms with E-state index in [0.29, 0.717) is 13.2 Å². The van der Waals surface area contributed by atoms with Crippen LogP contribution in [0.3, 0.4) is 0 Å². The Kier molecular flexibility index (Phi) is 4.93. The van der Waals surface area contributed by atoms with Gasteiger partial charge in [-0.2, -0.15) is 0 Å². The summed E-state index contributed by atoms with van der Waals surface area (Å²) in [6, 6.07) is 2.65. The van der Waals surface area contributed by atoms with Crippen molar-refractivity contribution in [2.45, 2.75) is 32.4 Å². The highest BCUT2D eigenvalue weighted by Crippen LogP contribution is 2.33. The Balaban J connectivity index is 2.36. The Hall–Kier alpha value is -1.08. The Morgan fingerprint density at radius 2 is 1.86 bits per heavy atom. The molecule has 0 radical (unpaired) electrons. The predicted molar refractivity (Wildman–Crippen MR) is 77.6 cm³/mol. The summed E-state index contributed by atoms with van der Waals surface area (Å²) in [4.78, 5) is 2.18. The highest BCUT2D eigenvalue weighted by Gasteiger charge is 2.38. The number of hydrogen-bond acceptors (Lipinski definition) is 4. The molecule has 3 N–H and O–H groups in total. The molecule has 0 amide bonds. The Morgan fingerprint density at radius 3 is 2.43 bits per heavy atom. The number of nitrogens with one attached hydrogen (secondary N) is 1. The van der Waals surface area contributed by atoms with E-state index in [2.05, 4.69) is 10.3 Å². The predicted octanol–water partition coefficient (Wildman–Crippen LogP) is 1.89. The first-order chi connectivity index (χ1) is 9.89. The van der Waals surface area contributed by atoms with Crippen LogP contribution < -0.4 is 11.3 Å². The highest BCUT2D eigenvalue weighted by molar-refractivity contribution is 5.30. The standard InChI is InChI=1S/C15H23F2N3O/c1-10-4-5-11(13(17)12(10)16)14(19-18)15(2,3)20-6-8-21-9-7-20/h4-5,14,19H,6-9,18H2,1-3H3. The van der Waals surface area contributed by atoms with E-state index >= 15 is 0 Å². The lowest BCUT2D eigenvalue weighted by Crippen LogP contribution is -2.57. The molecule has 0 aromatic heterocycles. The van der Waals surface area contributed by atoms with Crippen LogP contribution in [0.1, 0.15) is 31.0 Å². The number of hydrogen-bond donors (Lipinski definition) is 2. The molecule has 1 aliphatic heterocycles. The second-order valence-corrected chi connectivity index (χ2v) is 5.95. The van der Waals surface area contributed by atoms with E-state index in [9.17, 15) is 8.78 Å². The molecule has 1 aliphatic rings. The quantitative estimate of drug-likeness (QED) is 0.658. The maximum atomic E-state index is 14.3. The van der Waals surface area contributed by atoms with Gasteiger partial charge in [0.05, 0.1) is 19.3 Å². The number of halogens is 2. The lowest BCUT2D eigenvalue weighted by molar-refractivity contribution is -0.0243. The molecule has 1 aromatic rings. The summed E-state index contributed by atoms with van der Waals surface area (Å²) < 4.78 is 33.5. The van der Waals surface area contributed by atoms with Crippen LogP contribution in [0.25, 0.3) is 0 Å². The zero-order valence-corrected chi connectivity index (χ0v) is 12.7. The van der Waals surface area contributed by atoms with Gasteiger partial charge in [-0.05, 0) is 26.3 Å². The third kappa shape index (κ3) is 3.08. The van der Waals surface area contributed by atoms with Crippen LogP contribution in [0.4, 0.5) is 8.78 Å². The number of nitrogens with two attached hydrogens (primary N) is 1. The van der Waals surface area contributed by atoms with Gasteiger partial charge in [0.2, 0.25) is 0 Å². The molecular formula is C15H23F2N3O. The lowest BCUT2D eigenvalue weighted by atomic mass is 9.86. The molecule has 118 valence electrons. The SMILES string of the molecule is Cc1ccc(C(NN)C(C)(C)N2CCOCC2)c(F)c1F. The van der Waals surface area contributed by atoms with Crippen molar-refractivity contribution in [1.82, 2.24) is 10.3 Å². The minimum absolute atomic E-state index is 0.247. The Morgan fingerprint density at radius 1 is 1.24 bits per heavy atom. The van der Waals surface area contributed by atoms with Gasteiger partial charge in [-0.25, -0.2) is 8.78 Å². The van der Waals surface area contributed by atoms with Crippen LogP contribution in [-0.4, -0.2) is 36.7 Å². The Labute approximate surface area is 124 Å². The number of rotatable bonds is 4. The van der Waals surface area contributed by atoms with E-state index in [1.54, 1.807) is 19.1 Å². The van der Waals surface area contributed by atoms with E-state index in [4.69, 9.17) is 10.6 Å². The number of benzene rings is 1. The van der Waals surface area contributed by atoms with Crippen molar-refractivity contribution in [3.05, 3.63) is 34.9 Å². The fraction of sp³-hybridized carbons (Fsp3) is 0.600. The third-order valence-electron chi connectivity index (χ3n) is 4.32. The van der Waals surface area contributed by atoms with Crippen molar-refractivity contribution in [1.29, 1.82) is 0 Å². The largest absolute Gasteiger partial charge is 0.379 e. The molecule has 1 fully saturated rings. The minimum Gasteiger partial charge on any atom is -0.379 e. The van der Waals surface area contributed by atoms with Crippen molar-refractivity contribution in [3.8, 4) is 0 Å². The normalized spacial score (nSPS) is 18.8. The third-order valence-corrected chi connectivity index (χ3v) is 4.32. The second kappa shape index (κ2) is 6.36. The van der Waals surface area contributed by atoms with Crippen LogP contribution in [0.15, 0.2) is 12.1 Å². The molecule has 1 atom stereocenters. The second-order valence-electron chi connectivity index (χ2n) is 5.95. The molecule has 0 bridgehead atoms. The number of aryl methyl sites for hydroxylation is 1. The number of hydrazine groups is 1. The average Bonchev–Trinajstić information content (AvgIpc) is 2.48. The molecule has 0 aliphatic carbocycles. The Bertz CT molecular complexity index is 502. The summed E-state index contributed by atoms with van der Waals surface area (Å²) in [6.07, 6.45) is 0. The number of ether oxygens (including phenoxy) is 1. The van der Waals surface area contributed by atoms with Crippen LogP contribution in [-0.2, 0) is 4.74 Å². The molecule has 6 heteroatoms. The van der Waals surface area contributed by atoms with Crippen molar-refractivity contribution in [2.75, 3.05) is 26.3 Å². The van der Waals surface area contributed by atoms with Crippen LogP contribution in [0.2, 0.25) is 0 Å². The first kappa shape index (κ1) is 16.3. The van der Waals surface area contributed by atoms with Gasteiger partial charge in [0.15, 0.2) is 11.6 Å². The lowest BCUT2D eigenvalue weighted by Gasteiger charge is -2.45. The maximum Gasteiger partial charge on any atom is 0.163 e. The van der Waals surface area contributed by atoms with Gasteiger partial charge >= 0.3 is 0 Å². The summed E-state index contributed by atoms with van der Waals surface area (Å²) >= 11 is 0. The molecule has 1 aromatic carbocycles. The van der Waals surface area contributed by atoms with Gasteiger partial charge < -0.3 is 4.74 Å². The van der Waals surface area contributed by atoms with Crippen LogP contribution in [0.5, 0.6) is 0 Å². The van der Waals surface area contributed by atoms with Crippen molar-refractivity contribution in [3.63, 3.8) is 0 Å². The summed E-state index contributed by atoms with van der Waals surface area (Å²) in [5, 5.41) is 0. The molecule has 1 unspecified atom stereocenters. The number of morpholine rings is 1. The van der Waals surface area contributed by atoms with E-state index in [1.165, 1.54) is 0 Å². The molecule has 0 spiro atoms. The number of nitrogens with zero attached hydrogens (tertiary/aromatic N) is 1. The van der Waals surface area contributed by atoms with Crippen LogP contribution >= 0.6 is 0 Å². The fourth-order valence-electron chi connectivity index (χ4n) is 2.88. The summed E-state index contributed by atoms with van der Waals surface area (Å²) in [5.74, 6) is 4.01. The molecule has 0 saturated carbocycles. The summed E-state index contributed by atoms with van der Waals surface area (Å²) in [6.45, 7) is 8.22. The van der Waals surface area contributed by atoms with Crippen molar-refractivity contribution >= 4 is 0 Å². The summed E-state index contributed by atoms with van der Waals surface area (Å²) in [7, 11) is 0. The van der Waals surface area contributed by atoms with Crippen molar-refractivity contribution < 1.29 is 13.5 Å². The summed E-state index contributed by atoms with van der Waals surface area (Å²) in [5.41, 5.74) is 2.72. The van der Waals surface area contributed by atoms with Crippen LogP contribution in [0, 0.1) is 18.6 Å². The van der Waals surface area contributed by atoms with Crippen molar-refractivity contribution in [2.24, 2.45) is 5.84 Å².